The molecule has 1 aliphatic heterocycles. The van der Waals surface area contributed by atoms with E-state index < -0.39 is 0 Å². The van der Waals surface area contributed by atoms with Crippen LogP contribution in [0.5, 0.6) is 0 Å². The van der Waals surface area contributed by atoms with Gasteiger partial charge >= 0.3 is 0 Å². The second-order valence-corrected chi connectivity index (χ2v) is 6.43. The average molecular weight is 282 g/mol. The zero-order valence-electron chi connectivity index (χ0n) is 13.0. The Bertz CT molecular complexity index is 322. The van der Waals surface area contributed by atoms with Crippen molar-refractivity contribution < 1.29 is 9.90 Å². The molecule has 1 amide bonds. The van der Waals surface area contributed by atoms with Gasteiger partial charge in [-0.3, -0.25) is 9.69 Å². The van der Waals surface area contributed by atoms with E-state index in [1.165, 1.54) is 0 Å². The number of nitrogens with one attached hydrogen (secondary N) is 1. The minimum absolute atomic E-state index is 0.0628. The third-order valence-electron chi connectivity index (χ3n) is 5.07. The summed E-state index contributed by atoms with van der Waals surface area (Å²) >= 11 is 0. The second-order valence-electron chi connectivity index (χ2n) is 6.43. The number of carbonyl (C=O) groups is 1. The van der Waals surface area contributed by atoms with E-state index in [2.05, 4.69) is 17.1 Å². The van der Waals surface area contributed by atoms with E-state index in [0.29, 0.717) is 12.0 Å². The largest absolute Gasteiger partial charge is 0.393 e. The molecule has 4 nitrogen and oxygen atoms in total. The number of nitrogens with zero attached hydrogens (tertiary/aromatic N) is 1. The highest BCUT2D eigenvalue weighted by Crippen LogP contribution is 2.36. The monoisotopic (exact) mass is 282 g/mol. The highest BCUT2D eigenvalue weighted by atomic mass is 16.3. The van der Waals surface area contributed by atoms with Crippen molar-refractivity contribution in [2.45, 2.75) is 77.0 Å². The number of hydrogen-bond donors (Lipinski definition) is 2. The van der Waals surface area contributed by atoms with Crippen molar-refractivity contribution in [2.24, 2.45) is 5.92 Å². The summed E-state index contributed by atoms with van der Waals surface area (Å²) in [5, 5.41) is 13.2. The molecule has 0 aromatic carbocycles. The van der Waals surface area contributed by atoms with Gasteiger partial charge < -0.3 is 10.4 Å². The molecule has 4 heteroatoms. The molecule has 0 aromatic heterocycles. The van der Waals surface area contributed by atoms with Gasteiger partial charge in [-0.15, -0.1) is 0 Å². The van der Waals surface area contributed by atoms with E-state index in [0.717, 1.165) is 58.0 Å². The Kier molecular flexibility index (Phi) is 5.85. The fourth-order valence-electron chi connectivity index (χ4n) is 3.86. The molecule has 2 N–H and O–H groups in total. The summed E-state index contributed by atoms with van der Waals surface area (Å²) < 4.78 is 0. The number of aliphatic hydroxyl groups is 1. The lowest BCUT2D eigenvalue weighted by Gasteiger charge is -2.34. The Hall–Kier alpha value is -0.610. The number of aliphatic hydroxyl groups excluding tert-OH is 1. The zero-order chi connectivity index (χ0) is 14.5. The van der Waals surface area contributed by atoms with Crippen LogP contribution in [0.3, 0.4) is 0 Å². The third kappa shape index (κ3) is 3.53. The molecule has 4 unspecified atom stereocenters. The number of unbranched alkanes of at least 4 members (excludes halogenated alkanes) is 1. The van der Waals surface area contributed by atoms with Gasteiger partial charge in [-0.05, 0) is 45.6 Å². The Balaban J connectivity index is 1.90. The lowest BCUT2D eigenvalue weighted by Crippen LogP contribution is -2.50. The predicted octanol–water partition coefficient (Wildman–Crippen LogP) is 1.92. The Morgan fingerprint density at radius 1 is 1.35 bits per heavy atom. The van der Waals surface area contributed by atoms with Crippen LogP contribution in [0.4, 0.5) is 0 Å². The van der Waals surface area contributed by atoms with Gasteiger partial charge in [0.05, 0.1) is 12.1 Å². The minimum atomic E-state index is -0.157. The molecule has 116 valence electrons. The third-order valence-corrected chi connectivity index (χ3v) is 5.07. The highest BCUT2D eigenvalue weighted by Gasteiger charge is 2.41. The smallest absolute Gasteiger partial charge is 0.237 e. The molecule has 0 aromatic rings. The summed E-state index contributed by atoms with van der Waals surface area (Å²) in [6.45, 7) is 5.93. The lowest BCUT2D eigenvalue weighted by atomic mass is 9.93. The molecule has 1 heterocycles. The van der Waals surface area contributed by atoms with E-state index in [1.54, 1.807) is 0 Å². The van der Waals surface area contributed by atoms with Crippen LogP contribution in [0.15, 0.2) is 0 Å². The van der Waals surface area contributed by atoms with Crippen molar-refractivity contribution >= 4 is 5.91 Å². The van der Waals surface area contributed by atoms with E-state index in [4.69, 9.17) is 0 Å². The van der Waals surface area contributed by atoms with Crippen molar-refractivity contribution in [3.05, 3.63) is 0 Å². The first-order valence-corrected chi connectivity index (χ1v) is 8.36. The first-order valence-electron chi connectivity index (χ1n) is 8.36. The van der Waals surface area contributed by atoms with Crippen molar-refractivity contribution in [3.63, 3.8) is 0 Å². The average Bonchev–Trinajstić information content (AvgIpc) is 3.06. The van der Waals surface area contributed by atoms with Crippen LogP contribution in [-0.4, -0.2) is 47.2 Å². The maximum atomic E-state index is 12.2. The van der Waals surface area contributed by atoms with Crippen molar-refractivity contribution in [1.82, 2.24) is 10.2 Å². The van der Waals surface area contributed by atoms with Gasteiger partial charge in [0.1, 0.15) is 0 Å². The van der Waals surface area contributed by atoms with E-state index >= 15 is 0 Å². The molecule has 0 bridgehead atoms. The number of likely N-dealkylation sites (tertiary alicyclic amines) is 1. The van der Waals surface area contributed by atoms with Crippen LogP contribution in [0.1, 0.15) is 58.8 Å². The molecule has 2 rings (SSSR count). The molecule has 20 heavy (non-hydrogen) atoms. The van der Waals surface area contributed by atoms with Gasteiger partial charge in [-0.2, -0.15) is 0 Å². The Morgan fingerprint density at radius 3 is 2.80 bits per heavy atom. The molecule has 2 aliphatic rings. The summed E-state index contributed by atoms with van der Waals surface area (Å²) in [7, 11) is 0. The summed E-state index contributed by atoms with van der Waals surface area (Å²) in [6.07, 6.45) is 7.47. The van der Waals surface area contributed by atoms with Gasteiger partial charge in [0, 0.05) is 18.5 Å². The van der Waals surface area contributed by atoms with Crippen LogP contribution in [0, 0.1) is 5.92 Å². The molecule has 1 saturated heterocycles. The van der Waals surface area contributed by atoms with Gasteiger partial charge in [0.25, 0.3) is 0 Å². The molecule has 1 saturated carbocycles. The molecular formula is C16H30N2O2. The van der Waals surface area contributed by atoms with Crippen molar-refractivity contribution in [3.8, 4) is 0 Å². The van der Waals surface area contributed by atoms with E-state index in [-0.39, 0.29) is 18.1 Å². The molecule has 4 atom stereocenters. The van der Waals surface area contributed by atoms with Gasteiger partial charge in [0.15, 0.2) is 0 Å². The molecular weight excluding hydrogens is 252 g/mol. The minimum Gasteiger partial charge on any atom is -0.393 e. The summed E-state index contributed by atoms with van der Waals surface area (Å²) in [4.78, 5) is 14.6. The van der Waals surface area contributed by atoms with E-state index in [1.807, 2.05) is 6.92 Å². The molecule has 0 radical (unpaired) electrons. The molecule has 0 spiro atoms. The van der Waals surface area contributed by atoms with Gasteiger partial charge in [-0.25, -0.2) is 0 Å². The molecule has 2 fully saturated rings. The number of carbonyl (C=O) groups excluding carboxylic acids is 1. The fraction of sp³-hybridized carbons (Fsp3) is 0.938. The van der Waals surface area contributed by atoms with Crippen molar-refractivity contribution in [2.75, 3.05) is 13.1 Å². The standard InChI is InChI=1S/C16H30N2O2/c1-3-4-10-17-16(20)12(2)18-11-6-8-14(18)13-7-5-9-15(13)19/h12-15,19H,3-11H2,1-2H3,(H,17,20). The predicted molar refractivity (Wildman–Crippen MR) is 80.5 cm³/mol. The SMILES string of the molecule is CCCCNC(=O)C(C)N1CCCC1C1CCCC1O. The summed E-state index contributed by atoms with van der Waals surface area (Å²) in [5.74, 6) is 0.529. The number of hydrogen-bond acceptors (Lipinski definition) is 3. The Labute approximate surface area is 122 Å². The molecule has 1 aliphatic carbocycles. The lowest BCUT2D eigenvalue weighted by molar-refractivity contribution is -0.126. The van der Waals surface area contributed by atoms with Crippen LogP contribution >= 0.6 is 0 Å². The number of rotatable bonds is 6. The first kappa shape index (κ1) is 15.8. The highest BCUT2D eigenvalue weighted by molar-refractivity contribution is 5.81. The second kappa shape index (κ2) is 7.41. The quantitative estimate of drug-likeness (QED) is 0.732. The van der Waals surface area contributed by atoms with Crippen LogP contribution in [0.2, 0.25) is 0 Å². The van der Waals surface area contributed by atoms with Crippen LogP contribution in [0.25, 0.3) is 0 Å². The summed E-state index contributed by atoms with van der Waals surface area (Å²) in [6, 6.07) is 0.339. The normalized spacial score (nSPS) is 32.5. The summed E-state index contributed by atoms with van der Waals surface area (Å²) in [5.41, 5.74) is 0. The van der Waals surface area contributed by atoms with Gasteiger partial charge in [-0.1, -0.05) is 19.8 Å². The maximum Gasteiger partial charge on any atom is 0.237 e. The maximum absolute atomic E-state index is 12.2. The van der Waals surface area contributed by atoms with Crippen LogP contribution < -0.4 is 5.32 Å². The Morgan fingerprint density at radius 2 is 2.15 bits per heavy atom. The fourth-order valence-corrected chi connectivity index (χ4v) is 3.86. The van der Waals surface area contributed by atoms with Gasteiger partial charge in [0.2, 0.25) is 5.91 Å². The zero-order valence-corrected chi connectivity index (χ0v) is 13.0. The van der Waals surface area contributed by atoms with Crippen LogP contribution in [-0.2, 0) is 4.79 Å². The number of amides is 1. The topological polar surface area (TPSA) is 52.6 Å². The van der Waals surface area contributed by atoms with E-state index in [9.17, 15) is 9.90 Å². The first-order chi connectivity index (χ1) is 9.65. The van der Waals surface area contributed by atoms with Crippen molar-refractivity contribution in [1.29, 1.82) is 0 Å².